The van der Waals surface area contributed by atoms with Crippen LogP contribution in [0.15, 0.2) is 67.0 Å². The van der Waals surface area contributed by atoms with Crippen LogP contribution < -0.4 is 5.32 Å². The molecule has 0 bridgehead atoms. The first-order chi connectivity index (χ1) is 10.2. The summed E-state index contributed by atoms with van der Waals surface area (Å²) in [7, 11) is 1.89. The van der Waals surface area contributed by atoms with Crippen LogP contribution in [0.3, 0.4) is 0 Å². The van der Waals surface area contributed by atoms with Crippen molar-refractivity contribution in [3.05, 3.63) is 78.1 Å². The van der Waals surface area contributed by atoms with Crippen LogP contribution in [-0.2, 0) is 7.05 Å². The van der Waals surface area contributed by atoms with Gasteiger partial charge in [0, 0.05) is 13.2 Å². The topological polar surface area (TPSA) is 50.1 Å². The number of aryl methyl sites for hydroxylation is 1. The maximum absolute atomic E-state index is 9.47. The molecule has 0 saturated carbocycles. The van der Waals surface area contributed by atoms with E-state index in [0.29, 0.717) is 0 Å². The lowest BCUT2D eigenvalue weighted by Gasteiger charge is -2.20. The quantitative estimate of drug-likeness (QED) is 0.770. The molecule has 0 spiro atoms. The van der Waals surface area contributed by atoms with Crippen LogP contribution in [0.4, 0.5) is 5.69 Å². The molecule has 1 heterocycles. The monoisotopic (exact) mass is 279 g/mol. The van der Waals surface area contributed by atoms with E-state index in [1.54, 1.807) is 23.0 Å². The highest BCUT2D eigenvalue weighted by atomic mass is 16.3. The Kier molecular flexibility index (Phi) is 3.60. The molecule has 0 saturated heterocycles. The van der Waals surface area contributed by atoms with Gasteiger partial charge in [-0.2, -0.15) is 5.10 Å². The normalized spacial score (nSPS) is 12.0. The fourth-order valence-corrected chi connectivity index (χ4v) is 2.33. The molecule has 2 N–H and O–H groups in total. The third-order valence-electron chi connectivity index (χ3n) is 3.38. The summed E-state index contributed by atoms with van der Waals surface area (Å²) in [6, 6.07) is 17.5. The van der Waals surface area contributed by atoms with E-state index in [1.807, 2.05) is 43.6 Å². The molecule has 1 aromatic heterocycles. The number of hydrogen-bond donors (Lipinski definition) is 2. The van der Waals surface area contributed by atoms with Crippen LogP contribution in [0.2, 0.25) is 0 Å². The minimum absolute atomic E-state index is 0.0102. The van der Waals surface area contributed by atoms with Gasteiger partial charge in [0.05, 0.1) is 17.9 Å². The lowest BCUT2D eigenvalue weighted by Crippen LogP contribution is -2.11. The number of nitrogens with zero attached hydrogens (tertiary/aromatic N) is 2. The number of rotatable bonds is 4. The molecule has 0 aliphatic heterocycles. The Bertz CT molecular complexity index is 704. The number of aromatic nitrogens is 2. The average Bonchev–Trinajstić information content (AvgIpc) is 2.92. The van der Waals surface area contributed by atoms with Crippen LogP contribution in [0.5, 0.6) is 5.75 Å². The van der Waals surface area contributed by atoms with Gasteiger partial charge in [-0.15, -0.1) is 0 Å². The summed E-state index contributed by atoms with van der Waals surface area (Å²) in [5.41, 5.74) is 3.20. The van der Waals surface area contributed by atoms with Crippen LogP contribution in [0, 0.1) is 0 Å². The summed E-state index contributed by atoms with van der Waals surface area (Å²) in [6.45, 7) is 0. The zero-order valence-corrected chi connectivity index (χ0v) is 11.8. The number of phenolic OH excluding ortho intramolecular Hbond substituents is 1. The zero-order valence-electron chi connectivity index (χ0n) is 11.8. The first-order valence-corrected chi connectivity index (χ1v) is 6.81. The smallest absolute Gasteiger partial charge is 0.115 e. The fraction of sp³-hybridized carbons (Fsp3) is 0.118. The maximum atomic E-state index is 9.47. The standard InChI is InChI=1S/C17H17N3O/c1-20-12-15(11-18-20)19-17(13-5-3-2-4-6-13)14-7-9-16(21)10-8-14/h2-12,17,19,21H,1H3/t17-/m1/s1. The zero-order chi connectivity index (χ0) is 14.7. The Morgan fingerprint density at radius 1 is 1.00 bits per heavy atom. The van der Waals surface area contributed by atoms with Gasteiger partial charge >= 0.3 is 0 Å². The first kappa shape index (κ1) is 13.2. The van der Waals surface area contributed by atoms with E-state index in [4.69, 9.17) is 0 Å². The Hall–Kier alpha value is -2.75. The molecule has 0 fully saturated rings. The molecular formula is C17H17N3O. The van der Waals surface area contributed by atoms with E-state index < -0.39 is 0 Å². The van der Waals surface area contributed by atoms with Crippen molar-refractivity contribution in [2.75, 3.05) is 5.32 Å². The summed E-state index contributed by atoms with van der Waals surface area (Å²) in [5, 5.41) is 17.1. The predicted octanol–water partition coefficient (Wildman–Crippen LogP) is 3.33. The van der Waals surface area contributed by atoms with Gasteiger partial charge in [-0.05, 0) is 23.3 Å². The maximum Gasteiger partial charge on any atom is 0.115 e. The number of anilines is 1. The van der Waals surface area contributed by atoms with Gasteiger partial charge in [-0.1, -0.05) is 42.5 Å². The predicted molar refractivity (Wildman–Crippen MR) is 83.2 cm³/mol. The molecular weight excluding hydrogens is 262 g/mol. The molecule has 4 nitrogen and oxygen atoms in total. The summed E-state index contributed by atoms with van der Waals surface area (Å²) < 4.78 is 1.77. The highest BCUT2D eigenvalue weighted by Crippen LogP contribution is 2.27. The SMILES string of the molecule is Cn1cc(N[C@H](c2ccccc2)c2ccc(O)cc2)cn1. The minimum atomic E-state index is 0.0102. The Morgan fingerprint density at radius 2 is 1.67 bits per heavy atom. The molecule has 3 aromatic rings. The van der Waals surface area contributed by atoms with Gasteiger partial charge in [-0.3, -0.25) is 4.68 Å². The van der Waals surface area contributed by atoms with Crippen molar-refractivity contribution in [1.29, 1.82) is 0 Å². The largest absolute Gasteiger partial charge is 0.508 e. The van der Waals surface area contributed by atoms with Gasteiger partial charge in [0.1, 0.15) is 5.75 Å². The van der Waals surface area contributed by atoms with Crippen molar-refractivity contribution in [2.24, 2.45) is 7.05 Å². The molecule has 0 unspecified atom stereocenters. The lowest BCUT2D eigenvalue weighted by molar-refractivity contribution is 0.475. The molecule has 3 rings (SSSR count). The van der Waals surface area contributed by atoms with Gasteiger partial charge in [0.2, 0.25) is 0 Å². The van der Waals surface area contributed by atoms with Crippen LogP contribution in [0.25, 0.3) is 0 Å². The Balaban J connectivity index is 1.96. The molecule has 2 aromatic carbocycles. The van der Waals surface area contributed by atoms with Crippen LogP contribution in [0.1, 0.15) is 17.2 Å². The second-order valence-corrected chi connectivity index (χ2v) is 4.98. The van der Waals surface area contributed by atoms with Crippen molar-refractivity contribution in [3.8, 4) is 5.75 Å². The Labute approximate surface area is 123 Å². The number of phenols is 1. The van der Waals surface area contributed by atoms with Gasteiger partial charge in [0.25, 0.3) is 0 Å². The molecule has 106 valence electrons. The van der Waals surface area contributed by atoms with Crippen LogP contribution in [-0.4, -0.2) is 14.9 Å². The number of hydrogen-bond acceptors (Lipinski definition) is 3. The van der Waals surface area contributed by atoms with Crippen molar-refractivity contribution >= 4 is 5.69 Å². The van der Waals surface area contributed by atoms with Crippen LogP contribution >= 0.6 is 0 Å². The minimum Gasteiger partial charge on any atom is -0.508 e. The van der Waals surface area contributed by atoms with Gasteiger partial charge < -0.3 is 10.4 Å². The molecule has 0 aliphatic carbocycles. The van der Waals surface area contributed by atoms with E-state index in [-0.39, 0.29) is 11.8 Å². The van der Waals surface area contributed by atoms with Crippen molar-refractivity contribution in [3.63, 3.8) is 0 Å². The average molecular weight is 279 g/mol. The molecule has 0 radical (unpaired) electrons. The summed E-state index contributed by atoms with van der Waals surface area (Å²) in [6.07, 6.45) is 3.74. The van der Waals surface area contributed by atoms with E-state index in [0.717, 1.165) is 16.8 Å². The Morgan fingerprint density at radius 3 is 2.29 bits per heavy atom. The third-order valence-corrected chi connectivity index (χ3v) is 3.38. The van der Waals surface area contributed by atoms with Crippen molar-refractivity contribution in [1.82, 2.24) is 9.78 Å². The lowest BCUT2D eigenvalue weighted by atomic mass is 9.98. The molecule has 0 aliphatic rings. The fourth-order valence-electron chi connectivity index (χ4n) is 2.33. The highest BCUT2D eigenvalue weighted by Gasteiger charge is 2.14. The van der Waals surface area contributed by atoms with Gasteiger partial charge in [-0.25, -0.2) is 0 Å². The van der Waals surface area contributed by atoms with Crippen molar-refractivity contribution in [2.45, 2.75) is 6.04 Å². The highest BCUT2D eigenvalue weighted by molar-refractivity contribution is 5.47. The number of benzene rings is 2. The van der Waals surface area contributed by atoms with Crippen molar-refractivity contribution < 1.29 is 5.11 Å². The first-order valence-electron chi connectivity index (χ1n) is 6.81. The second-order valence-electron chi connectivity index (χ2n) is 4.98. The number of aromatic hydroxyl groups is 1. The summed E-state index contributed by atoms with van der Waals surface area (Å²) in [5.74, 6) is 0.270. The molecule has 21 heavy (non-hydrogen) atoms. The molecule has 0 amide bonds. The summed E-state index contributed by atoms with van der Waals surface area (Å²) >= 11 is 0. The molecule has 1 atom stereocenters. The van der Waals surface area contributed by atoms with E-state index in [9.17, 15) is 5.11 Å². The number of nitrogens with one attached hydrogen (secondary N) is 1. The van der Waals surface area contributed by atoms with E-state index in [2.05, 4.69) is 22.5 Å². The van der Waals surface area contributed by atoms with E-state index in [1.165, 1.54) is 0 Å². The third kappa shape index (κ3) is 3.05. The molecule has 4 heteroatoms. The van der Waals surface area contributed by atoms with E-state index >= 15 is 0 Å². The van der Waals surface area contributed by atoms with Gasteiger partial charge in [0.15, 0.2) is 0 Å². The second kappa shape index (κ2) is 5.71. The summed E-state index contributed by atoms with van der Waals surface area (Å²) in [4.78, 5) is 0.